The molecular formula is C22H20N6O. The number of nitrogens with one attached hydrogen (secondary N) is 2. The van der Waals surface area contributed by atoms with E-state index in [1.165, 1.54) is 0 Å². The van der Waals surface area contributed by atoms with Crippen LogP contribution in [0.5, 0.6) is 0 Å². The van der Waals surface area contributed by atoms with Gasteiger partial charge in [-0.3, -0.25) is 4.98 Å². The number of primary amides is 1. The average Bonchev–Trinajstić information content (AvgIpc) is 3.18. The molecule has 0 spiro atoms. The smallest absolute Gasteiger partial charge is 0.316 e. The lowest BCUT2D eigenvalue weighted by atomic mass is 10.1. The lowest BCUT2D eigenvalue weighted by molar-refractivity contribution is 0.259. The van der Waals surface area contributed by atoms with E-state index in [1.54, 1.807) is 18.5 Å². The van der Waals surface area contributed by atoms with Gasteiger partial charge in [-0.2, -0.15) is 5.10 Å². The van der Waals surface area contributed by atoms with Crippen LogP contribution in [0.25, 0.3) is 16.9 Å². The minimum atomic E-state index is -0.592. The largest absolute Gasteiger partial charge is 0.381 e. The molecule has 2 amide bonds. The number of pyridine rings is 1. The fraction of sp³-hybridized carbons (Fsp3) is 0.0455. The van der Waals surface area contributed by atoms with Crippen LogP contribution in [0.3, 0.4) is 0 Å². The first kappa shape index (κ1) is 18.2. The molecule has 2 heterocycles. The van der Waals surface area contributed by atoms with Crippen molar-refractivity contribution in [2.24, 2.45) is 5.73 Å². The Kier molecular flexibility index (Phi) is 5.20. The summed E-state index contributed by atoms with van der Waals surface area (Å²) in [5.74, 6) is 0. The molecule has 0 radical (unpaired) electrons. The minimum absolute atomic E-state index is 0.553. The first-order valence-corrected chi connectivity index (χ1v) is 9.14. The van der Waals surface area contributed by atoms with Gasteiger partial charge in [0.05, 0.1) is 11.4 Å². The third-order valence-electron chi connectivity index (χ3n) is 4.36. The topological polar surface area (TPSA) is 97.9 Å². The highest BCUT2D eigenvalue weighted by molar-refractivity contribution is 5.88. The van der Waals surface area contributed by atoms with Crippen LogP contribution >= 0.6 is 0 Å². The highest BCUT2D eigenvalue weighted by Crippen LogP contribution is 2.24. The van der Waals surface area contributed by atoms with E-state index < -0.39 is 6.03 Å². The molecule has 7 nitrogen and oxygen atoms in total. The van der Waals surface area contributed by atoms with Crippen molar-refractivity contribution in [3.05, 3.63) is 90.9 Å². The molecule has 0 fully saturated rings. The van der Waals surface area contributed by atoms with Crippen molar-refractivity contribution >= 4 is 17.4 Å². The van der Waals surface area contributed by atoms with Crippen molar-refractivity contribution in [2.45, 2.75) is 6.54 Å². The third-order valence-corrected chi connectivity index (χ3v) is 4.36. The van der Waals surface area contributed by atoms with E-state index in [-0.39, 0.29) is 0 Å². The summed E-state index contributed by atoms with van der Waals surface area (Å²) in [5.41, 5.74) is 10.5. The minimum Gasteiger partial charge on any atom is -0.381 e. The number of para-hydroxylation sites is 1. The lowest BCUT2D eigenvalue weighted by Gasteiger charge is -2.09. The van der Waals surface area contributed by atoms with Gasteiger partial charge in [-0.25, -0.2) is 9.48 Å². The van der Waals surface area contributed by atoms with Gasteiger partial charge in [-0.05, 0) is 42.5 Å². The van der Waals surface area contributed by atoms with E-state index in [2.05, 4.69) is 15.6 Å². The number of aromatic nitrogens is 3. The Morgan fingerprint density at radius 2 is 1.83 bits per heavy atom. The monoisotopic (exact) mass is 384 g/mol. The van der Waals surface area contributed by atoms with Crippen molar-refractivity contribution in [3.63, 3.8) is 0 Å². The predicted octanol–water partition coefficient (Wildman–Crippen LogP) is 4.04. The summed E-state index contributed by atoms with van der Waals surface area (Å²) in [5, 5.41) is 10.7. The van der Waals surface area contributed by atoms with Crippen molar-refractivity contribution in [1.82, 2.24) is 14.8 Å². The third kappa shape index (κ3) is 4.41. The molecule has 2 aromatic carbocycles. The number of urea groups is 1. The van der Waals surface area contributed by atoms with Crippen molar-refractivity contribution in [1.29, 1.82) is 0 Å². The van der Waals surface area contributed by atoms with Gasteiger partial charge >= 0.3 is 6.03 Å². The number of nitrogens with two attached hydrogens (primary N) is 1. The second-order valence-corrected chi connectivity index (χ2v) is 6.45. The number of rotatable bonds is 6. The summed E-state index contributed by atoms with van der Waals surface area (Å²) in [6, 6.07) is 20.6. The molecule has 0 atom stereocenters. The summed E-state index contributed by atoms with van der Waals surface area (Å²) >= 11 is 0. The van der Waals surface area contributed by atoms with Crippen molar-refractivity contribution in [2.75, 3.05) is 10.6 Å². The predicted molar refractivity (Wildman–Crippen MR) is 114 cm³/mol. The van der Waals surface area contributed by atoms with E-state index >= 15 is 0 Å². The van der Waals surface area contributed by atoms with Crippen LogP contribution in [0.2, 0.25) is 0 Å². The molecule has 2 aromatic heterocycles. The lowest BCUT2D eigenvalue weighted by Crippen LogP contribution is -2.19. The number of hydrogen-bond donors (Lipinski definition) is 3. The van der Waals surface area contributed by atoms with E-state index in [0.717, 1.165) is 28.2 Å². The van der Waals surface area contributed by atoms with Crippen LogP contribution in [0, 0.1) is 0 Å². The van der Waals surface area contributed by atoms with E-state index in [0.29, 0.717) is 12.2 Å². The molecule has 4 aromatic rings. The number of anilines is 2. The normalized spacial score (nSPS) is 10.5. The first-order chi connectivity index (χ1) is 14.2. The summed E-state index contributed by atoms with van der Waals surface area (Å²) in [4.78, 5) is 15.3. The zero-order valence-electron chi connectivity index (χ0n) is 15.6. The summed E-state index contributed by atoms with van der Waals surface area (Å²) in [7, 11) is 0. The average molecular weight is 384 g/mol. The van der Waals surface area contributed by atoms with E-state index in [4.69, 9.17) is 10.8 Å². The van der Waals surface area contributed by atoms with Gasteiger partial charge in [-0.1, -0.05) is 24.3 Å². The van der Waals surface area contributed by atoms with Crippen LogP contribution in [0.4, 0.5) is 16.2 Å². The fourth-order valence-electron chi connectivity index (χ4n) is 3.04. The highest BCUT2D eigenvalue weighted by Gasteiger charge is 2.12. The zero-order valence-corrected chi connectivity index (χ0v) is 15.6. The Morgan fingerprint density at radius 3 is 2.59 bits per heavy atom. The molecule has 0 saturated heterocycles. The number of carbonyl (C=O) groups excluding carboxylic acids is 1. The zero-order chi connectivity index (χ0) is 20.1. The molecule has 29 heavy (non-hydrogen) atoms. The van der Waals surface area contributed by atoms with Gasteiger partial charge < -0.3 is 16.4 Å². The first-order valence-electron chi connectivity index (χ1n) is 9.14. The molecular weight excluding hydrogens is 364 g/mol. The molecule has 7 heteroatoms. The standard InChI is InChI=1S/C22H20N6O/c23-22(29)26-19-8-4-7-18(12-19)25-14-17-15-28(20-9-2-1-3-10-20)27-21(17)16-6-5-11-24-13-16/h1-13,15,25H,14H2,(H3,23,26,29). The van der Waals surface area contributed by atoms with E-state index in [9.17, 15) is 4.79 Å². The van der Waals surface area contributed by atoms with E-state index in [1.807, 2.05) is 71.5 Å². The number of hydrogen-bond acceptors (Lipinski definition) is 4. The molecule has 0 saturated carbocycles. The molecule has 0 aliphatic heterocycles. The Bertz CT molecular complexity index is 1110. The Labute approximate surface area is 168 Å². The van der Waals surface area contributed by atoms with Crippen molar-refractivity contribution in [3.8, 4) is 16.9 Å². The van der Waals surface area contributed by atoms with Gasteiger partial charge in [0.15, 0.2) is 0 Å². The maximum absolute atomic E-state index is 11.1. The number of amides is 2. The Hall–Kier alpha value is -4.13. The summed E-state index contributed by atoms with van der Waals surface area (Å²) in [6.07, 6.45) is 5.56. The fourth-order valence-corrected chi connectivity index (χ4v) is 3.04. The number of carbonyl (C=O) groups is 1. The van der Waals surface area contributed by atoms with Gasteiger partial charge in [-0.15, -0.1) is 0 Å². The highest BCUT2D eigenvalue weighted by atomic mass is 16.2. The van der Waals surface area contributed by atoms with Crippen LogP contribution in [0.15, 0.2) is 85.3 Å². The summed E-state index contributed by atoms with van der Waals surface area (Å²) < 4.78 is 1.87. The maximum Gasteiger partial charge on any atom is 0.316 e. The van der Waals surface area contributed by atoms with Crippen molar-refractivity contribution < 1.29 is 4.79 Å². The van der Waals surface area contributed by atoms with Crippen LogP contribution in [-0.2, 0) is 6.54 Å². The molecule has 144 valence electrons. The molecule has 4 N–H and O–H groups in total. The number of benzene rings is 2. The molecule has 4 rings (SSSR count). The van der Waals surface area contributed by atoms with Gasteiger partial charge in [0.2, 0.25) is 0 Å². The van der Waals surface area contributed by atoms with Gasteiger partial charge in [0.25, 0.3) is 0 Å². The molecule has 0 unspecified atom stereocenters. The van der Waals surface area contributed by atoms with Crippen LogP contribution < -0.4 is 16.4 Å². The SMILES string of the molecule is NC(=O)Nc1cccc(NCc2cn(-c3ccccc3)nc2-c2cccnc2)c1. The molecule has 0 aliphatic rings. The Morgan fingerprint density at radius 1 is 1.00 bits per heavy atom. The second kappa shape index (κ2) is 8.26. The van der Waals surface area contributed by atoms with Gasteiger partial charge in [0, 0.05) is 47.6 Å². The molecule has 0 bridgehead atoms. The van der Waals surface area contributed by atoms with Crippen LogP contribution in [-0.4, -0.2) is 20.8 Å². The quantitative estimate of drug-likeness (QED) is 0.467. The summed E-state index contributed by atoms with van der Waals surface area (Å²) in [6.45, 7) is 0.553. The maximum atomic E-state index is 11.1. The molecule has 0 aliphatic carbocycles. The van der Waals surface area contributed by atoms with Gasteiger partial charge in [0.1, 0.15) is 0 Å². The number of nitrogens with zero attached hydrogens (tertiary/aromatic N) is 3. The van der Waals surface area contributed by atoms with Crippen LogP contribution in [0.1, 0.15) is 5.56 Å². The second-order valence-electron chi connectivity index (χ2n) is 6.45. The Balaban J connectivity index is 1.62.